The van der Waals surface area contributed by atoms with E-state index in [1.165, 1.54) is 107 Å². The van der Waals surface area contributed by atoms with Crippen molar-refractivity contribution in [2.75, 3.05) is 0 Å². The summed E-state index contributed by atoms with van der Waals surface area (Å²) in [6.07, 6.45) is 19.7. The molecule has 0 nitrogen and oxygen atoms in total. The summed E-state index contributed by atoms with van der Waals surface area (Å²) in [7, 11) is 0. The molecule has 2 aliphatic carbocycles. The Morgan fingerprint density at radius 3 is 2.18 bits per heavy atom. The molecule has 33 heavy (non-hydrogen) atoms. The van der Waals surface area contributed by atoms with Crippen molar-refractivity contribution in [1.29, 1.82) is 0 Å². The fourth-order valence-corrected chi connectivity index (χ4v) is 6.84. The summed E-state index contributed by atoms with van der Waals surface area (Å²) in [5.74, 6) is 1.38. The fourth-order valence-electron chi connectivity index (χ4n) is 6.84. The Labute approximate surface area is 202 Å². The van der Waals surface area contributed by atoms with E-state index in [0.29, 0.717) is 11.3 Å². The number of benzene rings is 2. The van der Waals surface area contributed by atoms with Crippen molar-refractivity contribution in [3.63, 3.8) is 0 Å². The summed E-state index contributed by atoms with van der Waals surface area (Å²) in [6.45, 7) is 4.58. The van der Waals surface area contributed by atoms with Crippen LogP contribution < -0.4 is 0 Å². The van der Waals surface area contributed by atoms with Crippen LogP contribution in [0, 0.1) is 11.7 Å². The molecule has 180 valence electrons. The molecular formula is C32H45F. The second kappa shape index (κ2) is 11.7. The van der Waals surface area contributed by atoms with Crippen LogP contribution in [0.15, 0.2) is 42.5 Å². The number of halogens is 1. The summed E-state index contributed by atoms with van der Waals surface area (Å²) in [5.41, 5.74) is 4.83. The SMILES string of the molecule is CCCCCC1(c2ccc(-c3ccc([C@H]4CC[C@H](CCC)CC4)cc3F)cc2)CCCCC1. The molecule has 2 fully saturated rings. The van der Waals surface area contributed by atoms with E-state index < -0.39 is 0 Å². The zero-order valence-electron chi connectivity index (χ0n) is 21.2. The van der Waals surface area contributed by atoms with Crippen molar-refractivity contribution in [3.05, 3.63) is 59.4 Å². The lowest BCUT2D eigenvalue weighted by Gasteiger charge is -2.38. The summed E-state index contributed by atoms with van der Waals surface area (Å²) < 4.78 is 15.2. The maximum Gasteiger partial charge on any atom is 0.131 e. The van der Waals surface area contributed by atoms with Gasteiger partial charge in [-0.2, -0.15) is 0 Å². The van der Waals surface area contributed by atoms with E-state index in [2.05, 4.69) is 44.2 Å². The van der Waals surface area contributed by atoms with E-state index in [0.717, 1.165) is 17.0 Å². The average molecular weight is 449 g/mol. The zero-order chi connectivity index (χ0) is 23.1. The summed E-state index contributed by atoms with van der Waals surface area (Å²) in [4.78, 5) is 0. The highest BCUT2D eigenvalue weighted by Crippen LogP contribution is 2.44. The normalized spacial score (nSPS) is 22.9. The summed E-state index contributed by atoms with van der Waals surface area (Å²) in [5, 5.41) is 0. The fraction of sp³-hybridized carbons (Fsp3) is 0.625. The predicted octanol–water partition coefficient (Wildman–Crippen LogP) is 10.3. The predicted molar refractivity (Wildman–Crippen MR) is 140 cm³/mol. The van der Waals surface area contributed by atoms with Crippen LogP contribution in [0.5, 0.6) is 0 Å². The van der Waals surface area contributed by atoms with Crippen LogP contribution in [0.1, 0.15) is 127 Å². The lowest BCUT2D eigenvalue weighted by atomic mass is 9.66. The Morgan fingerprint density at radius 2 is 1.55 bits per heavy atom. The Hall–Kier alpha value is -1.63. The van der Waals surface area contributed by atoms with Gasteiger partial charge in [-0.1, -0.05) is 102 Å². The third-order valence-corrected chi connectivity index (χ3v) is 8.89. The minimum absolute atomic E-state index is 0.0498. The molecule has 0 aromatic heterocycles. The smallest absolute Gasteiger partial charge is 0.131 e. The topological polar surface area (TPSA) is 0 Å². The monoisotopic (exact) mass is 448 g/mol. The van der Waals surface area contributed by atoms with E-state index in [-0.39, 0.29) is 5.82 Å². The molecule has 2 aromatic rings. The molecule has 4 rings (SSSR count). The number of hydrogen-bond acceptors (Lipinski definition) is 0. The van der Waals surface area contributed by atoms with Crippen molar-refractivity contribution in [2.45, 2.75) is 121 Å². The van der Waals surface area contributed by atoms with Crippen molar-refractivity contribution < 1.29 is 4.39 Å². The first-order valence-electron chi connectivity index (χ1n) is 14.1. The number of rotatable bonds is 9. The van der Waals surface area contributed by atoms with Gasteiger partial charge in [0.2, 0.25) is 0 Å². The second-order valence-electron chi connectivity index (χ2n) is 11.1. The minimum Gasteiger partial charge on any atom is -0.206 e. The van der Waals surface area contributed by atoms with E-state index in [1.807, 2.05) is 12.1 Å². The van der Waals surface area contributed by atoms with E-state index >= 15 is 4.39 Å². The van der Waals surface area contributed by atoms with Crippen molar-refractivity contribution in [2.24, 2.45) is 5.92 Å². The quantitative estimate of drug-likeness (QED) is 0.335. The first-order chi connectivity index (χ1) is 16.1. The highest BCUT2D eigenvalue weighted by Gasteiger charge is 2.33. The third-order valence-electron chi connectivity index (χ3n) is 8.89. The summed E-state index contributed by atoms with van der Waals surface area (Å²) >= 11 is 0. The molecule has 2 aliphatic rings. The third kappa shape index (κ3) is 5.90. The molecule has 1 heteroatoms. The Kier molecular flexibility index (Phi) is 8.67. The van der Waals surface area contributed by atoms with Gasteiger partial charge in [-0.05, 0) is 85.0 Å². The van der Waals surface area contributed by atoms with E-state index in [4.69, 9.17) is 0 Å². The number of unbranched alkanes of at least 4 members (excludes halogenated alkanes) is 2. The Morgan fingerprint density at radius 1 is 0.818 bits per heavy atom. The molecule has 0 aliphatic heterocycles. The van der Waals surface area contributed by atoms with Crippen LogP contribution in [0.2, 0.25) is 0 Å². The van der Waals surface area contributed by atoms with Crippen LogP contribution in [0.3, 0.4) is 0 Å². The van der Waals surface area contributed by atoms with Gasteiger partial charge in [-0.15, -0.1) is 0 Å². The largest absolute Gasteiger partial charge is 0.206 e. The second-order valence-corrected chi connectivity index (χ2v) is 11.1. The minimum atomic E-state index is -0.0498. The molecule has 0 N–H and O–H groups in total. The maximum absolute atomic E-state index is 15.2. The van der Waals surface area contributed by atoms with Gasteiger partial charge < -0.3 is 0 Å². The van der Waals surface area contributed by atoms with Crippen molar-refractivity contribution in [3.8, 4) is 11.1 Å². The van der Waals surface area contributed by atoms with Crippen molar-refractivity contribution in [1.82, 2.24) is 0 Å². The van der Waals surface area contributed by atoms with Gasteiger partial charge in [-0.25, -0.2) is 4.39 Å². The van der Waals surface area contributed by atoms with E-state index in [1.54, 1.807) is 0 Å². The molecule has 0 radical (unpaired) electrons. The molecule has 2 aromatic carbocycles. The molecule has 0 spiro atoms. The first kappa shape index (κ1) is 24.5. The zero-order valence-corrected chi connectivity index (χ0v) is 21.2. The van der Waals surface area contributed by atoms with Gasteiger partial charge in [0.25, 0.3) is 0 Å². The van der Waals surface area contributed by atoms with Gasteiger partial charge in [0.05, 0.1) is 0 Å². The van der Waals surface area contributed by atoms with E-state index in [9.17, 15) is 0 Å². The number of hydrogen-bond donors (Lipinski definition) is 0. The molecule has 0 amide bonds. The molecular weight excluding hydrogens is 403 g/mol. The lowest BCUT2D eigenvalue weighted by molar-refractivity contribution is 0.266. The van der Waals surface area contributed by atoms with Crippen LogP contribution in [-0.4, -0.2) is 0 Å². The van der Waals surface area contributed by atoms with Gasteiger partial charge in [-0.3, -0.25) is 0 Å². The molecule has 0 atom stereocenters. The molecule has 0 heterocycles. The van der Waals surface area contributed by atoms with Crippen LogP contribution in [-0.2, 0) is 5.41 Å². The highest BCUT2D eigenvalue weighted by atomic mass is 19.1. The lowest BCUT2D eigenvalue weighted by Crippen LogP contribution is -2.29. The first-order valence-corrected chi connectivity index (χ1v) is 14.1. The highest BCUT2D eigenvalue weighted by molar-refractivity contribution is 5.65. The van der Waals surface area contributed by atoms with Gasteiger partial charge >= 0.3 is 0 Å². The van der Waals surface area contributed by atoms with Crippen molar-refractivity contribution >= 4 is 0 Å². The maximum atomic E-state index is 15.2. The Balaban J connectivity index is 1.47. The van der Waals surface area contributed by atoms with Crippen LogP contribution >= 0.6 is 0 Å². The summed E-state index contributed by atoms with van der Waals surface area (Å²) in [6, 6.07) is 15.1. The standard InChI is InChI=1S/C32H45F/c1-3-5-7-21-32(22-8-6-9-23-32)29-18-15-27(16-19-29)30-20-17-28(24-31(30)33)26-13-11-25(10-4-2)12-14-26/h15-20,24-26H,3-14,21-23H2,1-2H3/t25-,26-. The molecule has 2 saturated carbocycles. The molecule has 0 unspecified atom stereocenters. The molecule has 0 bridgehead atoms. The van der Waals surface area contributed by atoms with Gasteiger partial charge in [0.15, 0.2) is 0 Å². The van der Waals surface area contributed by atoms with Crippen LogP contribution in [0.25, 0.3) is 11.1 Å². The van der Waals surface area contributed by atoms with Gasteiger partial charge in [0.1, 0.15) is 5.82 Å². The van der Waals surface area contributed by atoms with Gasteiger partial charge in [0, 0.05) is 5.56 Å². The average Bonchev–Trinajstić information content (AvgIpc) is 2.86. The van der Waals surface area contributed by atoms with Crippen LogP contribution in [0.4, 0.5) is 4.39 Å². The molecule has 0 saturated heterocycles. The Bertz CT molecular complexity index is 851.